The molecule has 0 spiro atoms. The van der Waals surface area contributed by atoms with E-state index in [1.165, 1.54) is 10.8 Å². The number of benzene rings is 2. The first kappa shape index (κ1) is 13.1. The summed E-state index contributed by atoms with van der Waals surface area (Å²) in [5, 5.41) is 7.65. The van der Waals surface area contributed by atoms with Crippen LogP contribution in [0.4, 0.5) is 0 Å². The van der Waals surface area contributed by atoms with E-state index in [9.17, 15) is 0 Å². The Hall–Kier alpha value is -2.39. The van der Waals surface area contributed by atoms with Crippen molar-refractivity contribution in [3.05, 3.63) is 65.1 Å². The lowest BCUT2D eigenvalue weighted by Crippen LogP contribution is -1.99. The molecule has 3 nitrogen and oxygen atoms in total. The van der Waals surface area contributed by atoms with Gasteiger partial charge in [-0.15, -0.1) is 0 Å². The van der Waals surface area contributed by atoms with E-state index in [1.807, 2.05) is 6.20 Å². The Morgan fingerprint density at radius 3 is 2.78 bits per heavy atom. The van der Waals surface area contributed by atoms with Crippen LogP contribution in [-0.4, -0.2) is 14.6 Å². The van der Waals surface area contributed by atoms with Crippen molar-refractivity contribution >= 4 is 28.0 Å². The molecule has 0 N–H and O–H groups in total. The van der Waals surface area contributed by atoms with Crippen molar-refractivity contribution in [2.75, 3.05) is 0 Å². The molecular formula is C19H14ClN3. The Morgan fingerprint density at radius 1 is 0.957 bits per heavy atom. The van der Waals surface area contributed by atoms with Gasteiger partial charge in [-0.25, -0.2) is 9.50 Å². The molecule has 2 aromatic carbocycles. The van der Waals surface area contributed by atoms with E-state index in [1.54, 1.807) is 4.52 Å². The molecule has 0 radical (unpaired) electrons. The van der Waals surface area contributed by atoms with E-state index >= 15 is 0 Å². The molecule has 5 rings (SSSR count). The molecule has 1 aliphatic rings. The molecule has 0 aliphatic heterocycles. The minimum absolute atomic E-state index is 0.717. The van der Waals surface area contributed by atoms with E-state index in [-0.39, 0.29) is 0 Å². The maximum absolute atomic E-state index is 6.57. The first-order chi connectivity index (χ1) is 11.3. The summed E-state index contributed by atoms with van der Waals surface area (Å²) >= 11 is 6.57. The van der Waals surface area contributed by atoms with Crippen molar-refractivity contribution in [3.63, 3.8) is 0 Å². The molecular weight excluding hydrogens is 306 g/mol. The Kier molecular flexibility index (Phi) is 2.73. The van der Waals surface area contributed by atoms with Gasteiger partial charge >= 0.3 is 0 Å². The van der Waals surface area contributed by atoms with Crippen molar-refractivity contribution in [2.24, 2.45) is 0 Å². The quantitative estimate of drug-likeness (QED) is 0.476. The summed E-state index contributed by atoms with van der Waals surface area (Å²) in [4.78, 5) is 4.88. The maximum Gasteiger partial charge on any atom is 0.164 e. The Morgan fingerprint density at radius 2 is 1.83 bits per heavy atom. The fourth-order valence-corrected chi connectivity index (χ4v) is 3.90. The van der Waals surface area contributed by atoms with Gasteiger partial charge in [-0.05, 0) is 35.6 Å². The molecule has 2 aromatic heterocycles. The fourth-order valence-electron chi connectivity index (χ4n) is 3.57. The van der Waals surface area contributed by atoms with Gasteiger partial charge < -0.3 is 0 Å². The molecule has 0 fully saturated rings. The maximum atomic E-state index is 6.57. The molecule has 4 heteroatoms. The van der Waals surface area contributed by atoms with Crippen LogP contribution in [-0.2, 0) is 12.8 Å². The van der Waals surface area contributed by atoms with Crippen molar-refractivity contribution in [2.45, 2.75) is 19.3 Å². The number of aryl methyl sites for hydroxylation is 1. The summed E-state index contributed by atoms with van der Waals surface area (Å²) < 4.78 is 1.78. The Balaban J connectivity index is 1.85. The van der Waals surface area contributed by atoms with Gasteiger partial charge in [0.05, 0.1) is 6.20 Å². The van der Waals surface area contributed by atoms with Crippen LogP contribution in [0, 0.1) is 0 Å². The van der Waals surface area contributed by atoms with Crippen molar-refractivity contribution in [1.29, 1.82) is 0 Å². The average molecular weight is 320 g/mol. The van der Waals surface area contributed by atoms with Crippen LogP contribution in [0.3, 0.4) is 0 Å². The lowest BCUT2D eigenvalue weighted by molar-refractivity contribution is 0.900. The number of fused-ring (bicyclic) bond motifs is 3. The standard InChI is InChI=1S/C19H14ClN3/c20-18-15-9-4-10-17(15)22-19-16(11-21-23(18)19)14-8-3-6-12-5-1-2-7-13(12)14/h1-3,5-8,11H,4,9-10H2. The molecule has 0 saturated heterocycles. The van der Waals surface area contributed by atoms with Gasteiger partial charge in [0.1, 0.15) is 5.15 Å². The monoisotopic (exact) mass is 319 g/mol. The summed E-state index contributed by atoms with van der Waals surface area (Å²) in [7, 11) is 0. The summed E-state index contributed by atoms with van der Waals surface area (Å²) in [6.45, 7) is 0. The smallest absolute Gasteiger partial charge is 0.164 e. The van der Waals surface area contributed by atoms with Crippen LogP contribution >= 0.6 is 11.6 Å². The molecule has 0 saturated carbocycles. The molecule has 2 heterocycles. The predicted molar refractivity (Wildman–Crippen MR) is 93.0 cm³/mol. The molecule has 0 bridgehead atoms. The highest BCUT2D eigenvalue weighted by molar-refractivity contribution is 6.30. The minimum atomic E-state index is 0.717. The zero-order chi connectivity index (χ0) is 15.4. The summed E-state index contributed by atoms with van der Waals surface area (Å²) in [5.74, 6) is 0. The van der Waals surface area contributed by atoms with Gasteiger partial charge in [0.15, 0.2) is 5.65 Å². The minimum Gasteiger partial charge on any atom is -0.233 e. The lowest BCUT2D eigenvalue weighted by Gasteiger charge is -2.07. The average Bonchev–Trinajstić information content (AvgIpc) is 3.22. The SMILES string of the molecule is Clc1c2c(nc3c(-c4cccc5ccccc45)cnn13)CCC2. The van der Waals surface area contributed by atoms with E-state index in [0.717, 1.165) is 47.3 Å². The van der Waals surface area contributed by atoms with Gasteiger partial charge in [-0.2, -0.15) is 5.10 Å². The highest BCUT2D eigenvalue weighted by Gasteiger charge is 2.21. The van der Waals surface area contributed by atoms with Crippen LogP contribution < -0.4 is 0 Å². The van der Waals surface area contributed by atoms with Crippen molar-refractivity contribution in [3.8, 4) is 11.1 Å². The van der Waals surface area contributed by atoms with Crippen LogP contribution in [0.2, 0.25) is 5.15 Å². The van der Waals surface area contributed by atoms with Gasteiger partial charge in [0.25, 0.3) is 0 Å². The van der Waals surface area contributed by atoms with Gasteiger partial charge in [-0.1, -0.05) is 54.1 Å². The van der Waals surface area contributed by atoms with Gasteiger partial charge in [0.2, 0.25) is 0 Å². The highest BCUT2D eigenvalue weighted by Crippen LogP contribution is 2.34. The Labute approximate surface area is 138 Å². The van der Waals surface area contributed by atoms with Crippen LogP contribution in [0.1, 0.15) is 17.7 Å². The third kappa shape index (κ3) is 1.83. The molecule has 23 heavy (non-hydrogen) atoms. The highest BCUT2D eigenvalue weighted by atomic mass is 35.5. The van der Waals surface area contributed by atoms with E-state index in [2.05, 4.69) is 47.6 Å². The first-order valence-corrected chi connectivity index (χ1v) is 8.24. The lowest BCUT2D eigenvalue weighted by atomic mass is 10.0. The third-order valence-electron chi connectivity index (χ3n) is 4.69. The second-order valence-corrected chi connectivity index (χ2v) is 6.36. The van der Waals surface area contributed by atoms with E-state index < -0.39 is 0 Å². The van der Waals surface area contributed by atoms with Crippen LogP contribution in [0.5, 0.6) is 0 Å². The molecule has 0 amide bonds. The van der Waals surface area contributed by atoms with Crippen molar-refractivity contribution < 1.29 is 0 Å². The summed E-state index contributed by atoms with van der Waals surface area (Å²) in [6.07, 6.45) is 5.01. The second-order valence-electron chi connectivity index (χ2n) is 6.00. The van der Waals surface area contributed by atoms with Crippen LogP contribution in [0.15, 0.2) is 48.7 Å². The van der Waals surface area contributed by atoms with Gasteiger partial charge in [-0.3, -0.25) is 0 Å². The second kappa shape index (κ2) is 4.80. The molecule has 0 atom stereocenters. The molecule has 0 unspecified atom stereocenters. The number of halogens is 1. The molecule has 1 aliphatic carbocycles. The number of aromatic nitrogens is 3. The van der Waals surface area contributed by atoms with E-state index in [4.69, 9.17) is 16.6 Å². The number of rotatable bonds is 1. The van der Waals surface area contributed by atoms with Gasteiger partial charge in [0, 0.05) is 16.8 Å². The largest absolute Gasteiger partial charge is 0.233 e. The number of nitrogens with zero attached hydrogens (tertiary/aromatic N) is 3. The summed E-state index contributed by atoms with van der Waals surface area (Å²) in [6, 6.07) is 14.7. The molecule has 4 aromatic rings. The van der Waals surface area contributed by atoms with Crippen molar-refractivity contribution in [1.82, 2.24) is 14.6 Å². The third-order valence-corrected chi connectivity index (χ3v) is 5.08. The summed E-state index contributed by atoms with van der Waals surface area (Å²) in [5.41, 5.74) is 5.33. The van der Waals surface area contributed by atoms with Crippen LogP contribution in [0.25, 0.3) is 27.5 Å². The topological polar surface area (TPSA) is 30.2 Å². The van der Waals surface area contributed by atoms with E-state index in [0.29, 0.717) is 5.15 Å². The fraction of sp³-hybridized carbons (Fsp3) is 0.158. The number of hydrogen-bond donors (Lipinski definition) is 0. The number of hydrogen-bond acceptors (Lipinski definition) is 2. The normalized spacial score (nSPS) is 13.8. The Bertz CT molecular complexity index is 1060. The zero-order valence-electron chi connectivity index (χ0n) is 12.5. The first-order valence-electron chi connectivity index (χ1n) is 7.86. The molecule has 112 valence electrons. The zero-order valence-corrected chi connectivity index (χ0v) is 13.2. The predicted octanol–water partition coefficient (Wildman–Crippen LogP) is 4.69.